The van der Waals surface area contributed by atoms with Gasteiger partial charge >= 0.3 is 0 Å². The third-order valence-electron chi connectivity index (χ3n) is 2.49. The van der Waals surface area contributed by atoms with E-state index in [9.17, 15) is 0 Å². The molecule has 0 saturated heterocycles. The molecule has 2 nitrogen and oxygen atoms in total. The van der Waals surface area contributed by atoms with Crippen LogP contribution in [0.4, 0.5) is 5.69 Å². The summed E-state index contributed by atoms with van der Waals surface area (Å²) in [5.74, 6) is 0. The molecule has 70 valence electrons. The maximum atomic E-state index is 6.10. The van der Waals surface area contributed by atoms with E-state index in [1.54, 1.807) is 0 Å². The predicted molar refractivity (Wildman–Crippen MR) is 55.9 cm³/mol. The number of benzene rings is 1. The van der Waals surface area contributed by atoms with Gasteiger partial charge in [0.25, 0.3) is 0 Å². The maximum Gasteiger partial charge on any atom is 0.0462 e. The molecule has 0 spiro atoms. The average molecular weight is 197 g/mol. The van der Waals surface area contributed by atoms with Gasteiger partial charge in [0, 0.05) is 23.8 Å². The molecule has 1 heterocycles. The fourth-order valence-corrected chi connectivity index (χ4v) is 2.15. The number of likely N-dealkylation sites (N-methyl/N-ethyl adjacent to an activating group) is 1. The van der Waals surface area contributed by atoms with Gasteiger partial charge in [-0.2, -0.15) is 0 Å². The van der Waals surface area contributed by atoms with Gasteiger partial charge in [0.2, 0.25) is 0 Å². The highest BCUT2D eigenvalue weighted by Gasteiger charge is 2.15. The Hall–Kier alpha value is -0.730. The van der Waals surface area contributed by atoms with E-state index in [4.69, 9.17) is 17.3 Å². The summed E-state index contributed by atoms with van der Waals surface area (Å²) in [5, 5.41) is 0.822. The van der Waals surface area contributed by atoms with Crippen LogP contribution in [-0.4, -0.2) is 18.5 Å². The van der Waals surface area contributed by atoms with Gasteiger partial charge in [0.1, 0.15) is 0 Å². The summed E-state index contributed by atoms with van der Waals surface area (Å²) in [4.78, 5) is 2.28. The summed E-state index contributed by atoms with van der Waals surface area (Å²) in [5.41, 5.74) is 9.04. The van der Waals surface area contributed by atoms with Crippen molar-refractivity contribution in [2.24, 2.45) is 0 Å². The first-order valence-corrected chi connectivity index (χ1v) is 4.80. The minimum atomic E-state index is 0.763. The number of hydrogen-bond acceptors (Lipinski definition) is 2. The lowest BCUT2D eigenvalue weighted by molar-refractivity contribution is 0.313. The minimum absolute atomic E-state index is 0.763. The first kappa shape index (κ1) is 8.85. The first-order chi connectivity index (χ1) is 6.16. The minimum Gasteiger partial charge on any atom is -0.399 e. The molecule has 2 N–H and O–H groups in total. The molecular formula is C10H13ClN2. The molecule has 3 heteroatoms. The number of rotatable bonds is 0. The first-order valence-electron chi connectivity index (χ1n) is 4.42. The molecule has 0 saturated carbocycles. The van der Waals surface area contributed by atoms with Gasteiger partial charge in [0.15, 0.2) is 0 Å². The van der Waals surface area contributed by atoms with E-state index in [2.05, 4.69) is 11.9 Å². The van der Waals surface area contributed by atoms with Crippen molar-refractivity contribution in [1.82, 2.24) is 4.90 Å². The van der Waals surface area contributed by atoms with Crippen molar-refractivity contribution in [3.05, 3.63) is 28.3 Å². The van der Waals surface area contributed by atoms with E-state index in [-0.39, 0.29) is 0 Å². The molecule has 0 fully saturated rings. The van der Waals surface area contributed by atoms with Gasteiger partial charge in [-0.3, -0.25) is 0 Å². The molecule has 0 aromatic heterocycles. The van der Waals surface area contributed by atoms with E-state index in [1.807, 2.05) is 12.1 Å². The van der Waals surface area contributed by atoms with Crippen LogP contribution in [0, 0.1) is 0 Å². The Morgan fingerprint density at radius 2 is 2.23 bits per heavy atom. The highest BCUT2D eigenvalue weighted by Crippen LogP contribution is 2.28. The van der Waals surface area contributed by atoms with Gasteiger partial charge in [-0.25, -0.2) is 0 Å². The number of anilines is 1. The van der Waals surface area contributed by atoms with Crippen LogP contribution in [0.5, 0.6) is 0 Å². The highest BCUT2D eigenvalue weighted by atomic mass is 35.5. The zero-order valence-electron chi connectivity index (χ0n) is 7.68. The molecule has 1 aliphatic heterocycles. The fraction of sp³-hybridized carbons (Fsp3) is 0.400. The largest absolute Gasteiger partial charge is 0.399 e. The molecular weight excluding hydrogens is 184 g/mol. The van der Waals surface area contributed by atoms with E-state index in [0.29, 0.717) is 0 Å². The third kappa shape index (κ3) is 1.64. The number of nitrogen functional groups attached to an aromatic ring is 1. The summed E-state index contributed by atoms with van der Waals surface area (Å²) < 4.78 is 0. The monoisotopic (exact) mass is 196 g/mol. The number of nitrogens with zero attached hydrogens (tertiary/aromatic N) is 1. The molecule has 0 bridgehead atoms. The molecule has 1 aromatic carbocycles. The summed E-state index contributed by atoms with van der Waals surface area (Å²) >= 11 is 6.10. The molecule has 1 aromatic rings. The maximum absolute atomic E-state index is 6.10. The van der Waals surface area contributed by atoms with Crippen LogP contribution in [0.2, 0.25) is 5.02 Å². The van der Waals surface area contributed by atoms with Gasteiger partial charge in [0.05, 0.1) is 0 Å². The van der Waals surface area contributed by atoms with Crippen molar-refractivity contribution in [3.8, 4) is 0 Å². The molecule has 0 radical (unpaired) electrons. The second kappa shape index (κ2) is 3.20. The zero-order valence-corrected chi connectivity index (χ0v) is 8.43. The number of nitrogens with two attached hydrogens (primary N) is 1. The Bertz CT molecular complexity index is 336. The van der Waals surface area contributed by atoms with Crippen molar-refractivity contribution in [2.45, 2.75) is 13.0 Å². The molecule has 1 aliphatic rings. The smallest absolute Gasteiger partial charge is 0.0462 e. The van der Waals surface area contributed by atoms with Crippen molar-refractivity contribution >= 4 is 17.3 Å². The normalized spacial score (nSPS) is 17.1. The van der Waals surface area contributed by atoms with E-state index < -0.39 is 0 Å². The lowest BCUT2D eigenvalue weighted by Crippen LogP contribution is -2.26. The molecule has 0 unspecified atom stereocenters. The number of hydrogen-bond donors (Lipinski definition) is 1. The summed E-state index contributed by atoms with van der Waals surface area (Å²) in [6.07, 6.45) is 1.03. The lowest BCUT2D eigenvalue weighted by atomic mass is 9.99. The van der Waals surface area contributed by atoms with Crippen LogP contribution >= 0.6 is 11.6 Å². The van der Waals surface area contributed by atoms with Crippen LogP contribution in [0.25, 0.3) is 0 Å². The van der Waals surface area contributed by atoms with Crippen molar-refractivity contribution in [1.29, 1.82) is 0 Å². The Morgan fingerprint density at radius 1 is 1.46 bits per heavy atom. The van der Waals surface area contributed by atoms with Gasteiger partial charge < -0.3 is 10.6 Å². The molecule has 13 heavy (non-hydrogen) atoms. The second-order valence-electron chi connectivity index (χ2n) is 3.63. The Kier molecular flexibility index (Phi) is 2.18. The van der Waals surface area contributed by atoms with E-state index in [0.717, 1.165) is 30.2 Å². The summed E-state index contributed by atoms with van der Waals surface area (Å²) in [7, 11) is 2.11. The average Bonchev–Trinajstić information content (AvgIpc) is 2.02. The number of halogens is 1. The van der Waals surface area contributed by atoms with Crippen LogP contribution in [0.1, 0.15) is 11.1 Å². The SMILES string of the molecule is CN1CCc2c(Cl)cc(N)cc2C1. The number of fused-ring (bicyclic) bond motifs is 1. The standard InChI is InChI=1S/C10H13ClN2/c1-13-3-2-9-7(6-13)4-8(12)5-10(9)11/h4-5H,2-3,6,12H2,1H3. The van der Waals surface area contributed by atoms with Crippen molar-refractivity contribution in [3.63, 3.8) is 0 Å². The van der Waals surface area contributed by atoms with Crippen molar-refractivity contribution < 1.29 is 0 Å². The Labute approximate surface area is 83.3 Å². The third-order valence-corrected chi connectivity index (χ3v) is 2.83. The highest BCUT2D eigenvalue weighted by molar-refractivity contribution is 6.31. The molecule has 0 atom stereocenters. The van der Waals surface area contributed by atoms with Crippen LogP contribution in [0.15, 0.2) is 12.1 Å². The van der Waals surface area contributed by atoms with Crippen LogP contribution in [0.3, 0.4) is 0 Å². The van der Waals surface area contributed by atoms with Crippen LogP contribution in [-0.2, 0) is 13.0 Å². The lowest BCUT2D eigenvalue weighted by Gasteiger charge is -2.25. The van der Waals surface area contributed by atoms with E-state index in [1.165, 1.54) is 11.1 Å². The molecule has 0 aliphatic carbocycles. The van der Waals surface area contributed by atoms with Crippen molar-refractivity contribution in [2.75, 3.05) is 19.3 Å². The molecule has 0 amide bonds. The van der Waals surface area contributed by atoms with Gasteiger partial charge in [-0.05, 0) is 36.7 Å². The topological polar surface area (TPSA) is 29.3 Å². The molecule has 2 rings (SSSR count). The quantitative estimate of drug-likeness (QED) is 0.643. The predicted octanol–water partition coefficient (Wildman–Crippen LogP) is 1.91. The Balaban J connectivity index is 2.47. The van der Waals surface area contributed by atoms with Crippen LogP contribution < -0.4 is 5.73 Å². The summed E-state index contributed by atoms with van der Waals surface area (Å²) in [6.45, 7) is 2.04. The fourth-order valence-electron chi connectivity index (χ4n) is 1.81. The van der Waals surface area contributed by atoms with E-state index >= 15 is 0 Å². The zero-order chi connectivity index (χ0) is 9.42. The van der Waals surface area contributed by atoms with Gasteiger partial charge in [-0.15, -0.1) is 0 Å². The second-order valence-corrected chi connectivity index (χ2v) is 4.04. The summed E-state index contributed by atoms with van der Waals surface area (Å²) in [6, 6.07) is 3.86. The Morgan fingerprint density at radius 3 is 3.00 bits per heavy atom. The van der Waals surface area contributed by atoms with Gasteiger partial charge in [-0.1, -0.05) is 11.6 Å².